The first-order valence-electron chi connectivity index (χ1n) is 15.6. The van der Waals surface area contributed by atoms with Crippen LogP contribution in [0.15, 0.2) is 109 Å². The highest BCUT2D eigenvalue weighted by Gasteiger charge is 2.47. The first kappa shape index (κ1) is 31.8. The molecule has 234 valence electrons. The molecule has 3 atom stereocenters. The van der Waals surface area contributed by atoms with Gasteiger partial charge in [0, 0.05) is 16.9 Å². The topological polar surface area (TPSA) is 76.7 Å². The Bertz CT molecular complexity index is 1570. The summed E-state index contributed by atoms with van der Waals surface area (Å²) in [4.78, 5) is 24.8. The molecule has 2 N–H and O–H groups in total. The summed E-state index contributed by atoms with van der Waals surface area (Å²) in [7, 11) is 0. The lowest BCUT2D eigenvalue weighted by Crippen LogP contribution is -2.56. The van der Waals surface area contributed by atoms with E-state index in [1.807, 2.05) is 84.9 Å². The predicted octanol–water partition coefficient (Wildman–Crippen LogP) is 8.50. The van der Waals surface area contributed by atoms with E-state index < -0.39 is 17.7 Å². The van der Waals surface area contributed by atoms with Gasteiger partial charge >= 0.3 is 6.09 Å². The largest absolute Gasteiger partial charge is 0.470 e. The van der Waals surface area contributed by atoms with Crippen molar-refractivity contribution in [1.82, 2.24) is 10.6 Å². The van der Waals surface area contributed by atoms with Crippen LogP contribution in [0.2, 0.25) is 0 Å². The van der Waals surface area contributed by atoms with Crippen LogP contribution in [0.4, 0.5) is 4.79 Å². The molecular formula is C39H44N2O4. The molecule has 3 unspecified atom stereocenters. The molecule has 4 aromatic carbocycles. The average molecular weight is 605 g/mol. The van der Waals surface area contributed by atoms with Crippen molar-refractivity contribution in [2.45, 2.75) is 71.6 Å². The molecule has 1 saturated carbocycles. The lowest BCUT2D eigenvalue weighted by molar-refractivity contribution is -0.116. The van der Waals surface area contributed by atoms with Crippen LogP contribution in [-0.4, -0.2) is 24.8 Å². The third kappa shape index (κ3) is 7.75. The fourth-order valence-electron chi connectivity index (χ4n) is 7.04. The second-order valence-electron chi connectivity index (χ2n) is 13.8. The van der Waals surface area contributed by atoms with Gasteiger partial charge in [0.25, 0.3) is 0 Å². The lowest BCUT2D eigenvalue weighted by atomic mass is 9.62. The molecule has 1 aliphatic carbocycles. The molecule has 2 amide bonds. The van der Waals surface area contributed by atoms with Crippen molar-refractivity contribution in [3.63, 3.8) is 0 Å². The lowest BCUT2D eigenvalue weighted by Gasteiger charge is -2.49. The van der Waals surface area contributed by atoms with Crippen molar-refractivity contribution < 1.29 is 19.1 Å². The molecule has 45 heavy (non-hydrogen) atoms. The van der Waals surface area contributed by atoms with E-state index in [2.05, 4.69) is 69.5 Å². The zero-order valence-corrected chi connectivity index (χ0v) is 26.9. The number of hydrogen-bond acceptors (Lipinski definition) is 4. The molecule has 1 fully saturated rings. The van der Waals surface area contributed by atoms with Gasteiger partial charge in [-0.1, -0.05) is 120 Å². The Labute approximate surface area is 267 Å². The first-order valence-corrected chi connectivity index (χ1v) is 15.6. The van der Waals surface area contributed by atoms with Crippen LogP contribution in [0.1, 0.15) is 65.0 Å². The van der Waals surface area contributed by atoms with Crippen molar-refractivity contribution in [3.05, 3.63) is 120 Å². The van der Waals surface area contributed by atoms with Gasteiger partial charge in [-0.25, -0.2) is 4.79 Å². The van der Waals surface area contributed by atoms with E-state index in [4.69, 9.17) is 9.47 Å². The van der Waals surface area contributed by atoms with Gasteiger partial charge in [-0.05, 0) is 71.2 Å². The Kier molecular flexibility index (Phi) is 9.33. The molecule has 6 nitrogen and oxygen atoms in total. The van der Waals surface area contributed by atoms with Crippen LogP contribution < -0.4 is 20.1 Å². The minimum atomic E-state index is -0.585. The molecule has 1 aliphatic rings. The minimum absolute atomic E-state index is 0.112. The molecule has 0 aliphatic heterocycles. The van der Waals surface area contributed by atoms with Gasteiger partial charge in [-0.15, -0.1) is 0 Å². The summed E-state index contributed by atoms with van der Waals surface area (Å²) < 4.78 is 12.1. The maximum Gasteiger partial charge on any atom is 0.412 e. The highest BCUT2D eigenvalue weighted by molar-refractivity contribution is 5.71. The molecule has 5 rings (SSSR count). The zero-order chi connectivity index (χ0) is 32.1. The summed E-state index contributed by atoms with van der Waals surface area (Å²) in [6, 6.07) is 35.9. The highest BCUT2D eigenvalue weighted by Crippen LogP contribution is 2.48. The van der Waals surface area contributed by atoms with Crippen LogP contribution in [0.25, 0.3) is 11.1 Å². The van der Waals surface area contributed by atoms with E-state index >= 15 is 0 Å². The van der Waals surface area contributed by atoms with Crippen LogP contribution in [-0.2, 0) is 10.2 Å². The summed E-state index contributed by atoms with van der Waals surface area (Å²) in [5.74, 6) is 1.15. The number of carbonyl (C=O) groups excluding carboxylic acids is 2. The second-order valence-corrected chi connectivity index (χ2v) is 13.8. The molecule has 0 radical (unpaired) electrons. The van der Waals surface area contributed by atoms with E-state index in [9.17, 15) is 9.59 Å². The van der Waals surface area contributed by atoms with Crippen LogP contribution >= 0.6 is 0 Å². The van der Waals surface area contributed by atoms with Crippen LogP contribution in [0, 0.1) is 10.8 Å². The molecule has 6 heteroatoms. The first-order chi connectivity index (χ1) is 21.5. The van der Waals surface area contributed by atoms with Gasteiger partial charge in [0.15, 0.2) is 6.23 Å². The van der Waals surface area contributed by atoms with Crippen molar-refractivity contribution in [3.8, 4) is 22.6 Å². The van der Waals surface area contributed by atoms with Gasteiger partial charge in [0.2, 0.25) is 6.41 Å². The van der Waals surface area contributed by atoms with E-state index in [-0.39, 0.29) is 16.9 Å². The van der Waals surface area contributed by atoms with Gasteiger partial charge in [-0.2, -0.15) is 0 Å². The number of hydrogen-bond donors (Lipinski definition) is 2. The molecule has 0 bridgehead atoms. The maximum atomic E-state index is 13.1. The Hall–Kier alpha value is -4.58. The van der Waals surface area contributed by atoms with Gasteiger partial charge < -0.3 is 20.1 Å². The minimum Gasteiger partial charge on any atom is -0.470 e. The summed E-state index contributed by atoms with van der Waals surface area (Å²) in [6.45, 7) is 10.8. The summed E-state index contributed by atoms with van der Waals surface area (Å²) in [5, 5.41) is 6.02. The quantitative estimate of drug-likeness (QED) is 0.141. The van der Waals surface area contributed by atoms with E-state index in [0.717, 1.165) is 29.5 Å². The summed E-state index contributed by atoms with van der Waals surface area (Å²) in [5.41, 5.74) is 3.82. The fraction of sp³-hybridized carbons (Fsp3) is 0.333. The molecule has 0 spiro atoms. The van der Waals surface area contributed by atoms with E-state index in [0.29, 0.717) is 24.3 Å². The highest BCUT2D eigenvalue weighted by atomic mass is 16.6. The number of carbonyl (C=O) groups is 2. The zero-order valence-electron chi connectivity index (χ0n) is 26.9. The number of nitrogens with one attached hydrogen (secondary N) is 2. The molecule has 0 aromatic heterocycles. The van der Waals surface area contributed by atoms with Crippen molar-refractivity contribution in [2.24, 2.45) is 10.8 Å². The van der Waals surface area contributed by atoms with E-state index in [1.54, 1.807) is 0 Å². The smallest absolute Gasteiger partial charge is 0.412 e. The third-order valence-corrected chi connectivity index (χ3v) is 9.07. The van der Waals surface area contributed by atoms with Gasteiger partial charge in [0.1, 0.15) is 11.5 Å². The molecule has 0 heterocycles. The fourth-order valence-corrected chi connectivity index (χ4v) is 7.04. The van der Waals surface area contributed by atoms with Gasteiger partial charge in [-0.3, -0.25) is 4.79 Å². The number of rotatable bonds is 10. The predicted molar refractivity (Wildman–Crippen MR) is 179 cm³/mol. The Morgan fingerprint density at radius 2 is 1.33 bits per heavy atom. The SMILES string of the molecule is CC1(C)CC(NC(=O)Oc2ccc(C(C)(C)c3ccccc3)cc2)CC(C)(C(NC=O)Oc2ccc(-c3ccccc3)cc2)C1. The maximum absolute atomic E-state index is 13.1. The normalized spacial score (nSPS) is 20.0. The van der Waals surface area contributed by atoms with Crippen molar-refractivity contribution >= 4 is 12.5 Å². The Morgan fingerprint density at radius 1 is 0.778 bits per heavy atom. The average Bonchev–Trinajstić information content (AvgIpc) is 3.01. The Morgan fingerprint density at radius 3 is 1.96 bits per heavy atom. The number of benzene rings is 4. The molecule has 0 saturated heterocycles. The molecular weight excluding hydrogens is 560 g/mol. The van der Waals surface area contributed by atoms with Gasteiger partial charge in [0.05, 0.1) is 0 Å². The van der Waals surface area contributed by atoms with Crippen molar-refractivity contribution in [1.29, 1.82) is 0 Å². The summed E-state index contributed by atoms with van der Waals surface area (Å²) in [6.07, 6.45) is 1.81. The third-order valence-electron chi connectivity index (χ3n) is 9.07. The van der Waals surface area contributed by atoms with E-state index in [1.165, 1.54) is 5.56 Å². The monoisotopic (exact) mass is 604 g/mol. The van der Waals surface area contributed by atoms with Crippen LogP contribution in [0.3, 0.4) is 0 Å². The van der Waals surface area contributed by atoms with Crippen molar-refractivity contribution in [2.75, 3.05) is 0 Å². The molecule has 4 aromatic rings. The number of amides is 2. The standard InChI is InChI=1S/C39H44N2O4/c1-37(2)24-32(41-36(43)45-34-22-18-31(19-23-34)38(3,4)30-14-10-7-11-15-30)25-39(5,26-37)35(40-27-42)44-33-20-16-29(17-21-33)28-12-8-6-9-13-28/h6-23,27,32,35H,24-26H2,1-5H3,(H,40,42)(H,41,43). The summed E-state index contributed by atoms with van der Waals surface area (Å²) >= 11 is 0. The Balaban J connectivity index is 1.25. The van der Waals surface area contributed by atoms with Crippen LogP contribution in [0.5, 0.6) is 11.5 Å². The second kappa shape index (κ2) is 13.2. The number of ether oxygens (including phenoxy) is 2.